The maximum atomic E-state index is 12.8. The number of aromatic nitrogens is 1. The van der Waals surface area contributed by atoms with Gasteiger partial charge in [-0.2, -0.15) is 0 Å². The summed E-state index contributed by atoms with van der Waals surface area (Å²) in [4.78, 5) is 29.5. The first-order chi connectivity index (χ1) is 14.0. The van der Waals surface area contributed by atoms with Crippen LogP contribution < -0.4 is 5.32 Å². The highest BCUT2D eigenvalue weighted by atomic mass is 35.5. The second kappa shape index (κ2) is 9.66. The summed E-state index contributed by atoms with van der Waals surface area (Å²) >= 11 is 6.00. The van der Waals surface area contributed by atoms with Crippen LogP contribution in [0.5, 0.6) is 0 Å². The Morgan fingerprint density at radius 2 is 1.93 bits per heavy atom. The molecule has 2 aromatic rings. The molecule has 150 valence electrons. The van der Waals surface area contributed by atoms with Crippen LogP contribution in [0.1, 0.15) is 42.9 Å². The van der Waals surface area contributed by atoms with Crippen molar-refractivity contribution in [3.8, 4) is 0 Å². The second-order valence-corrected chi connectivity index (χ2v) is 7.60. The van der Waals surface area contributed by atoms with Crippen LogP contribution in [0, 0.1) is 6.92 Å². The summed E-state index contributed by atoms with van der Waals surface area (Å²) in [5.41, 5.74) is 5.57. The fraction of sp³-hybridized carbons (Fsp3) is 0.292. The number of pyridine rings is 1. The van der Waals surface area contributed by atoms with E-state index in [9.17, 15) is 9.59 Å². The number of aryl methyl sites for hydroxylation is 1. The minimum atomic E-state index is -0.314. The molecule has 0 unspecified atom stereocenters. The Labute approximate surface area is 176 Å². The van der Waals surface area contributed by atoms with Crippen LogP contribution in [0.15, 0.2) is 59.9 Å². The number of allylic oxidation sites excluding steroid dienone is 3. The third-order valence-corrected chi connectivity index (χ3v) is 5.51. The van der Waals surface area contributed by atoms with Gasteiger partial charge in [0.2, 0.25) is 0 Å². The van der Waals surface area contributed by atoms with Crippen molar-refractivity contribution < 1.29 is 9.59 Å². The number of nitrogens with one attached hydrogen (secondary N) is 1. The number of carbonyl (C=O) groups excluding carboxylic acids is 2. The standard InChI is InChI=1S/C24H25ClN2O2/c1-3-17-5-7-23(28)22(15-21(17)19-8-11-26-12-9-19)24(29)27-13-10-18-4-6-20(25)14-16(18)2/h4,6,8-9,11-12,14-15H,3,5,7,10,13H2,1-2H3,(H,27,29). The van der Waals surface area contributed by atoms with E-state index in [2.05, 4.69) is 17.2 Å². The highest BCUT2D eigenvalue weighted by Gasteiger charge is 2.23. The zero-order chi connectivity index (χ0) is 20.8. The van der Waals surface area contributed by atoms with Crippen LogP contribution in [0.4, 0.5) is 0 Å². The van der Waals surface area contributed by atoms with Gasteiger partial charge >= 0.3 is 0 Å². The molecule has 0 saturated carbocycles. The zero-order valence-corrected chi connectivity index (χ0v) is 17.6. The third kappa shape index (κ3) is 5.21. The van der Waals surface area contributed by atoms with Gasteiger partial charge in [-0.3, -0.25) is 14.6 Å². The molecule has 1 amide bonds. The van der Waals surface area contributed by atoms with Crippen LogP contribution in [0.25, 0.3) is 5.57 Å². The molecule has 1 aliphatic rings. The van der Waals surface area contributed by atoms with Crippen molar-refractivity contribution in [3.05, 3.63) is 81.7 Å². The molecule has 0 atom stereocenters. The summed E-state index contributed by atoms with van der Waals surface area (Å²) in [5, 5.41) is 3.61. The van der Waals surface area contributed by atoms with Crippen LogP contribution in [0.3, 0.4) is 0 Å². The monoisotopic (exact) mass is 408 g/mol. The number of Topliss-reactive ketones (excluding diaryl/α,β-unsaturated/α-hetero) is 1. The minimum absolute atomic E-state index is 0.111. The van der Waals surface area contributed by atoms with E-state index >= 15 is 0 Å². The van der Waals surface area contributed by atoms with E-state index in [-0.39, 0.29) is 17.3 Å². The van der Waals surface area contributed by atoms with Crippen molar-refractivity contribution in [1.29, 1.82) is 0 Å². The Morgan fingerprint density at radius 1 is 1.17 bits per heavy atom. The number of rotatable bonds is 6. The Bertz CT molecular complexity index is 978. The van der Waals surface area contributed by atoms with E-state index in [1.165, 1.54) is 5.57 Å². The van der Waals surface area contributed by atoms with Crippen LogP contribution in [-0.4, -0.2) is 23.2 Å². The predicted molar refractivity (Wildman–Crippen MR) is 117 cm³/mol. The van der Waals surface area contributed by atoms with E-state index in [0.29, 0.717) is 30.8 Å². The Balaban J connectivity index is 1.78. The number of hydrogen-bond donors (Lipinski definition) is 1. The van der Waals surface area contributed by atoms with Gasteiger partial charge in [-0.05, 0) is 78.8 Å². The van der Waals surface area contributed by atoms with Gasteiger partial charge in [-0.25, -0.2) is 0 Å². The van der Waals surface area contributed by atoms with Crippen molar-refractivity contribution in [2.24, 2.45) is 0 Å². The van der Waals surface area contributed by atoms with Gasteiger partial charge < -0.3 is 5.32 Å². The maximum absolute atomic E-state index is 12.8. The summed E-state index contributed by atoms with van der Waals surface area (Å²) in [6, 6.07) is 9.55. The maximum Gasteiger partial charge on any atom is 0.254 e. The minimum Gasteiger partial charge on any atom is -0.352 e. The first kappa shape index (κ1) is 21.0. The average Bonchev–Trinajstić information content (AvgIpc) is 2.89. The molecule has 0 spiro atoms. The van der Waals surface area contributed by atoms with Gasteiger partial charge in [0.05, 0.1) is 5.57 Å². The highest BCUT2D eigenvalue weighted by Crippen LogP contribution is 2.30. The van der Waals surface area contributed by atoms with Crippen LogP contribution in [-0.2, 0) is 16.0 Å². The quantitative estimate of drug-likeness (QED) is 0.694. The molecular weight excluding hydrogens is 384 g/mol. The molecule has 1 heterocycles. The Hall–Kier alpha value is -2.72. The number of ketones is 1. The van der Waals surface area contributed by atoms with Crippen molar-refractivity contribution in [2.45, 2.75) is 39.5 Å². The third-order valence-electron chi connectivity index (χ3n) is 5.27. The van der Waals surface area contributed by atoms with Gasteiger partial charge in [0.1, 0.15) is 0 Å². The van der Waals surface area contributed by atoms with Crippen molar-refractivity contribution in [1.82, 2.24) is 10.3 Å². The summed E-state index contributed by atoms with van der Waals surface area (Å²) in [6.07, 6.45) is 7.76. The van der Waals surface area contributed by atoms with Gasteiger partial charge in [-0.15, -0.1) is 0 Å². The fourth-order valence-corrected chi connectivity index (χ4v) is 3.81. The summed E-state index contributed by atoms with van der Waals surface area (Å²) in [6.45, 7) is 4.54. The van der Waals surface area contributed by atoms with E-state index in [1.54, 1.807) is 18.5 Å². The lowest BCUT2D eigenvalue weighted by atomic mass is 9.97. The SMILES string of the molecule is CCC1=C(c2ccncc2)C=C(C(=O)NCCc2ccc(Cl)cc2C)C(=O)CC1. The Kier molecular flexibility index (Phi) is 6.99. The van der Waals surface area contributed by atoms with Gasteiger partial charge in [0, 0.05) is 30.4 Å². The molecule has 1 N–H and O–H groups in total. The van der Waals surface area contributed by atoms with Crippen molar-refractivity contribution in [3.63, 3.8) is 0 Å². The second-order valence-electron chi connectivity index (χ2n) is 7.16. The van der Waals surface area contributed by atoms with Gasteiger partial charge in [0.25, 0.3) is 5.91 Å². The van der Waals surface area contributed by atoms with Crippen molar-refractivity contribution in [2.75, 3.05) is 6.54 Å². The van der Waals surface area contributed by atoms with E-state index in [0.717, 1.165) is 28.7 Å². The summed E-state index contributed by atoms with van der Waals surface area (Å²) in [7, 11) is 0. The average molecular weight is 409 g/mol. The number of nitrogens with zero attached hydrogens (tertiary/aromatic N) is 1. The molecule has 0 bridgehead atoms. The lowest BCUT2D eigenvalue weighted by molar-refractivity contribution is -0.122. The van der Waals surface area contributed by atoms with Crippen LogP contribution in [0.2, 0.25) is 5.02 Å². The van der Waals surface area contributed by atoms with E-state index in [1.807, 2.05) is 37.3 Å². The smallest absolute Gasteiger partial charge is 0.254 e. The molecule has 1 aromatic heterocycles. The molecule has 29 heavy (non-hydrogen) atoms. The first-order valence-electron chi connectivity index (χ1n) is 9.90. The van der Waals surface area contributed by atoms with Gasteiger partial charge in [0.15, 0.2) is 5.78 Å². The number of hydrogen-bond acceptors (Lipinski definition) is 3. The Morgan fingerprint density at radius 3 is 2.62 bits per heavy atom. The molecule has 5 heteroatoms. The normalized spacial score (nSPS) is 14.4. The van der Waals surface area contributed by atoms with Gasteiger partial charge in [-0.1, -0.05) is 30.2 Å². The van der Waals surface area contributed by atoms with Crippen LogP contribution >= 0.6 is 11.6 Å². The molecule has 1 aliphatic carbocycles. The highest BCUT2D eigenvalue weighted by molar-refractivity contribution is 6.30. The molecule has 0 radical (unpaired) electrons. The number of amides is 1. The summed E-state index contributed by atoms with van der Waals surface area (Å²) in [5.74, 6) is -0.425. The molecule has 0 saturated heterocycles. The number of benzene rings is 1. The van der Waals surface area contributed by atoms with E-state index in [4.69, 9.17) is 11.6 Å². The largest absolute Gasteiger partial charge is 0.352 e. The van der Waals surface area contributed by atoms with E-state index < -0.39 is 0 Å². The molecule has 3 rings (SSSR count). The fourth-order valence-electron chi connectivity index (χ4n) is 3.58. The lowest BCUT2D eigenvalue weighted by Crippen LogP contribution is -2.30. The zero-order valence-electron chi connectivity index (χ0n) is 16.8. The summed E-state index contributed by atoms with van der Waals surface area (Å²) < 4.78 is 0. The van der Waals surface area contributed by atoms with Crippen molar-refractivity contribution >= 4 is 28.9 Å². The predicted octanol–water partition coefficient (Wildman–Crippen LogP) is 4.86. The molecule has 1 aromatic carbocycles. The number of halogens is 1. The molecule has 4 nitrogen and oxygen atoms in total. The molecule has 0 fully saturated rings. The first-order valence-corrected chi connectivity index (χ1v) is 10.3. The molecular formula is C24H25ClN2O2. The topological polar surface area (TPSA) is 59.1 Å². The molecule has 0 aliphatic heterocycles. The number of carbonyl (C=O) groups is 2. The lowest BCUT2D eigenvalue weighted by Gasteiger charge is -2.10.